The van der Waals surface area contributed by atoms with E-state index in [1.807, 2.05) is 43.3 Å². The van der Waals surface area contributed by atoms with Crippen LogP contribution < -0.4 is 10.5 Å². The number of rotatable bonds is 3. The highest BCUT2D eigenvalue weighted by molar-refractivity contribution is 5.43. The summed E-state index contributed by atoms with van der Waals surface area (Å²) in [5, 5.41) is 8.88. The van der Waals surface area contributed by atoms with Gasteiger partial charge in [-0.2, -0.15) is 5.26 Å². The fourth-order valence-electron chi connectivity index (χ4n) is 1.93. The van der Waals surface area contributed by atoms with Crippen LogP contribution in [0.2, 0.25) is 0 Å². The highest BCUT2D eigenvalue weighted by Crippen LogP contribution is 2.20. The normalized spacial score (nSPS) is 9.38. The molecule has 3 nitrogen and oxygen atoms in total. The summed E-state index contributed by atoms with van der Waals surface area (Å²) < 4.78 is 5.80. The Morgan fingerprint density at radius 2 is 2.00 bits per heavy atom. The van der Waals surface area contributed by atoms with Crippen LogP contribution >= 0.6 is 0 Å². The van der Waals surface area contributed by atoms with Gasteiger partial charge in [0.05, 0.1) is 18.2 Å². The maximum Gasteiger partial charge on any atom is 0.122 e. The van der Waals surface area contributed by atoms with Gasteiger partial charge in [0.25, 0.3) is 0 Å². The fraction of sp³-hybridized carbons (Fsp3) is 0.167. The Kier molecular flexibility index (Phi) is 4.99. The number of nitrogens with two attached hydrogens (primary N) is 1. The molecule has 2 N–H and O–H groups in total. The van der Waals surface area contributed by atoms with Crippen molar-refractivity contribution >= 4 is 0 Å². The summed E-state index contributed by atoms with van der Waals surface area (Å²) in [5.74, 6) is 6.64. The maximum atomic E-state index is 8.88. The molecule has 0 aliphatic rings. The number of nitriles is 1. The van der Waals surface area contributed by atoms with E-state index in [4.69, 9.17) is 15.7 Å². The summed E-state index contributed by atoms with van der Waals surface area (Å²) in [6.07, 6.45) is 0. The first-order valence-corrected chi connectivity index (χ1v) is 6.64. The monoisotopic (exact) mass is 276 g/mol. The van der Waals surface area contributed by atoms with Crippen LogP contribution in [0.3, 0.4) is 0 Å². The predicted molar refractivity (Wildman–Crippen MR) is 82.6 cm³/mol. The molecule has 0 bridgehead atoms. The number of hydrogen-bond donors (Lipinski definition) is 1. The third-order valence-electron chi connectivity index (χ3n) is 2.96. The molecule has 0 fully saturated rings. The van der Waals surface area contributed by atoms with Gasteiger partial charge in [-0.05, 0) is 48.4 Å². The molecule has 0 atom stereocenters. The average molecular weight is 276 g/mol. The van der Waals surface area contributed by atoms with Crippen LogP contribution in [0.1, 0.15) is 22.3 Å². The summed E-state index contributed by atoms with van der Waals surface area (Å²) in [6, 6.07) is 15.3. The molecule has 0 spiro atoms. The van der Waals surface area contributed by atoms with Gasteiger partial charge in [0, 0.05) is 5.56 Å². The Bertz CT molecular complexity index is 733. The van der Waals surface area contributed by atoms with Gasteiger partial charge in [0.15, 0.2) is 0 Å². The standard InChI is InChI=1S/C18H16N2O/c1-14-10-15(6-3-9-19)7-8-18(14)21-13-17-5-2-4-16(11-17)12-20/h2,4-5,7-8,10-11H,9,13,19H2,1H3. The molecule has 104 valence electrons. The molecule has 0 aliphatic heterocycles. The summed E-state index contributed by atoms with van der Waals surface area (Å²) >= 11 is 0. The average Bonchev–Trinajstić information content (AvgIpc) is 2.52. The minimum Gasteiger partial charge on any atom is -0.489 e. The van der Waals surface area contributed by atoms with Crippen molar-refractivity contribution in [2.75, 3.05) is 6.54 Å². The number of nitrogens with zero attached hydrogens (tertiary/aromatic N) is 1. The summed E-state index contributed by atoms with van der Waals surface area (Å²) in [6.45, 7) is 2.77. The van der Waals surface area contributed by atoms with Crippen molar-refractivity contribution in [3.8, 4) is 23.7 Å². The van der Waals surface area contributed by atoms with Crippen LogP contribution in [0.5, 0.6) is 5.75 Å². The van der Waals surface area contributed by atoms with Gasteiger partial charge in [-0.3, -0.25) is 0 Å². The largest absolute Gasteiger partial charge is 0.489 e. The molecule has 3 heteroatoms. The third kappa shape index (κ3) is 4.11. The van der Waals surface area contributed by atoms with Gasteiger partial charge in [0.2, 0.25) is 0 Å². The molecule has 0 aliphatic carbocycles. The molecule has 0 amide bonds. The lowest BCUT2D eigenvalue weighted by Crippen LogP contribution is -1.98. The molecule has 2 aromatic rings. The van der Waals surface area contributed by atoms with E-state index in [9.17, 15) is 0 Å². The summed E-state index contributed by atoms with van der Waals surface area (Å²) in [5.41, 5.74) is 8.92. The predicted octanol–water partition coefficient (Wildman–Crippen LogP) is 2.76. The zero-order valence-corrected chi connectivity index (χ0v) is 11.9. The van der Waals surface area contributed by atoms with Crippen molar-refractivity contribution < 1.29 is 4.74 Å². The second-order valence-corrected chi connectivity index (χ2v) is 4.59. The first kappa shape index (κ1) is 14.7. The van der Waals surface area contributed by atoms with E-state index in [1.54, 1.807) is 6.07 Å². The molecule has 0 aromatic heterocycles. The van der Waals surface area contributed by atoms with Crippen molar-refractivity contribution in [2.24, 2.45) is 5.73 Å². The van der Waals surface area contributed by atoms with Gasteiger partial charge in [-0.15, -0.1) is 0 Å². The maximum absolute atomic E-state index is 8.88. The lowest BCUT2D eigenvalue weighted by molar-refractivity contribution is 0.304. The zero-order valence-electron chi connectivity index (χ0n) is 11.9. The van der Waals surface area contributed by atoms with E-state index in [1.165, 1.54) is 0 Å². The number of benzene rings is 2. The Labute approximate surface area is 125 Å². The topological polar surface area (TPSA) is 59.0 Å². The first-order valence-electron chi connectivity index (χ1n) is 6.64. The van der Waals surface area contributed by atoms with Gasteiger partial charge in [-0.1, -0.05) is 24.0 Å². The van der Waals surface area contributed by atoms with E-state index in [0.717, 1.165) is 22.4 Å². The molecule has 0 heterocycles. The van der Waals surface area contributed by atoms with Crippen molar-refractivity contribution in [2.45, 2.75) is 13.5 Å². The Morgan fingerprint density at radius 3 is 2.71 bits per heavy atom. The van der Waals surface area contributed by atoms with E-state index < -0.39 is 0 Å². The first-order chi connectivity index (χ1) is 10.2. The van der Waals surface area contributed by atoms with Gasteiger partial charge < -0.3 is 10.5 Å². The zero-order chi connectivity index (χ0) is 15.1. The summed E-state index contributed by atoms with van der Waals surface area (Å²) in [4.78, 5) is 0. The summed E-state index contributed by atoms with van der Waals surface area (Å²) in [7, 11) is 0. The minimum absolute atomic E-state index is 0.354. The number of ether oxygens (including phenoxy) is 1. The molecule has 2 aromatic carbocycles. The van der Waals surface area contributed by atoms with Crippen LogP contribution in [0.4, 0.5) is 0 Å². The van der Waals surface area contributed by atoms with Crippen molar-refractivity contribution in [1.29, 1.82) is 5.26 Å². The van der Waals surface area contributed by atoms with Crippen molar-refractivity contribution in [1.82, 2.24) is 0 Å². The van der Waals surface area contributed by atoms with E-state index in [-0.39, 0.29) is 0 Å². The lowest BCUT2D eigenvalue weighted by atomic mass is 10.1. The number of hydrogen-bond acceptors (Lipinski definition) is 3. The van der Waals surface area contributed by atoms with Crippen molar-refractivity contribution in [3.63, 3.8) is 0 Å². The highest BCUT2D eigenvalue weighted by atomic mass is 16.5. The molecule has 2 rings (SSSR count). The van der Waals surface area contributed by atoms with Gasteiger partial charge >= 0.3 is 0 Å². The highest BCUT2D eigenvalue weighted by Gasteiger charge is 2.02. The smallest absolute Gasteiger partial charge is 0.122 e. The van der Waals surface area contributed by atoms with Crippen LogP contribution in [0.25, 0.3) is 0 Å². The third-order valence-corrected chi connectivity index (χ3v) is 2.96. The Hall–Kier alpha value is -2.75. The van der Waals surface area contributed by atoms with Gasteiger partial charge in [-0.25, -0.2) is 0 Å². The second kappa shape index (κ2) is 7.14. The molecule has 0 saturated heterocycles. The molecule has 0 radical (unpaired) electrons. The van der Waals surface area contributed by atoms with Crippen LogP contribution in [0.15, 0.2) is 42.5 Å². The van der Waals surface area contributed by atoms with Crippen molar-refractivity contribution in [3.05, 3.63) is 64.7 Å². The van der Waals surface area contributed by atoms with Crippen LogP contribution in [-0.4, -0.2) is 6.54 Å². The van der Waals surface area contributed by atoms with E-state index in [0.29, 0.717) is 18.7 Å². The van der Waals surface area contributed by atoms with E-state index >= 15 is 0 Å². The fourth-order valence-corrected chi connectivity index (χ4v) is 1.93. The molecule has 21 heavy (non-hydrogen) atoms. The lowest BCUT2D eigenvalue weighted by Gasteiger charge is -2.09. The van der Waals surface area contributed by atoms with E-state index in [2.05, 4.69) is 17.9 Å². The minimum atomic E-state index is 0.354. The van der Waals surface area contributed by atoms with Crippen LogP contribution in [-0.2, 0) is 6.61 Å². The second-order valence-electron chi connectivity index (χ2n) is 4.59. The van der Waals surface area contributed by atoms with Crippen LogP contribution in [0, 0.1) is 30.1 Å². The Balaban J connectivity index is 2.08. The molecule has 0 saturated carbocycles. The molecular weight excluding hydrogens is 260 g/mol. The molecular formula is C18H16N2O. The Morgan fingerprint density at radius 1 is 1.14 bits per heavy atom. The quantitative estimate of drug-likeness (QED) is 0.877. The SMILES string of the molecule is Cc1cc(C#CCN)ccc1OCc1cccc(C#N)c1. The van der Waals surface area contributed by atoms with Gasteiger partial charge in [0.1, 0.15) is 12.4 Å². The molecule has 0 unspecified atom stereocenters. The number of aryl methyl sites for hydroxylation is 1.